The van der Waals surface area contributed by atoms with Crippen LogP contribution in [0, 0.1) is 0 Å². The number of ether oxygens (including phenoxy) is 2. The summed E-state index contributed by atoms with van der Waals surface area (Å²) >= 11 is 2.27. The van der Waals surface area contributed by atoms with E-state index in [4.69, 9.17) is 19.6 Å². The average Bonchev–Trinajstić information content (AvgIpc) is 3.46. The number of pyridine rings is 2. The molecule has 1 aliphatic heterocycles. The lowest BCUT2D eigenvalue weighted by molar-refractivity contribution is 0.210. The van der Waals surface area contributed by atoms with Gasteiger partial charge < -0.3 is 14.4 Å². The van der Waals surface area contributed by atoms with Crippen molar-refractivity contribution >= 4 is 41.4 Å². The number of hydrogen-bond donors (Lipinski definition) is 0. The minimum absolute atomic E-state index is 0.387. The van der Waals surface area contributed by atoms with Gasteiger partial charge in [0.05, 0.1) is 25.8 Å². The normalized spacial score (nSPS) is 15.3. The van der Waals surface area contributed by atoms with E-state index in [-0.39, 0.29) is 0 Å². The van der Waals surface area contributed by atoms with Gasteiger partial charge in [0.25, 0.3) is 0 Å². The fourth-order valence-corrected chi connectivity index (χ4v) is 5.60. The third-order valence-electron chi connectivity index (χ3n) is 6.21. The molecule has 4 aromatic rings. The molecule has 0 aromatic carbocycles. The number of piperidine rings is 1. The maximum Gasteiger partial charge on any atom is 0.240 e. The van der Waals surface area contributed by atoms with Crippen LogP contribution in [-0.2, 0) is 0 Å². The highest BCUT2D eigenvalue weighted by Gasteiger charge is 2.23. The predicted molar refractivity (Wildman–Crippen MR) is 140 cm³/mol. The Morgan fingerprint density at radius 2 is 1.79 bits per heavy atom. The van der Waals surface area contributed by atoms with Gasteiger partial charge in [-0.05, 0) is 45.1 Å². The van der Waals surface area contributed by atoms with E-state index in [1.807, 2.05) is 24.5 Å². The van der Waals surface area contributed by atoms with Crippen LogP contribution in [0.4, 0.5) is 0 Å². The first-order valence-electron chi connectivity index (χ1n) is 10.7. The second-order valence-corrected chi connectivity index (χ2v) is 9.90. The molecule has 0 atom stereocenters. The van der Waals surface area contributed by atoms with Crippen LogP contribution in [0.3, 0.4) is 0 Å². The summed E-state index contributed by atoms with van der Waals surface area (Å²) in [5.41, 5.74) is 4.93. The van der Waals surface area contributed by atoms with Gasteiger partial charge in [0, 0.05) is 83.3 Å². The van der Waals surface area contributed by atoms with Gasteiger partial charge in [-0.1, -0.05) is 0 Å². The van der Waals surface area contributed by atoms with Crippen molar-refractivity contribution in [3.63, 3.8) is 0 Å². The molecule has 0 bridgehead atoms. The Morgan fingerprint density at radius 1 is 1.00 bits per heavy atom. The summed E-state index contributed by atoms with van der Waals surface area (Å²) in [6, 6.07) is 6.46. The molecule has 8 nitrogen and oxygen atoms in total. The zero-order valence-electron chi connectivity index (χ0n) is 18.7. The van der Waals surface area contributed by atoms with Gasteiger partial charge >= 0.3 is 0 Å². The van der Waals surface area contributed by atoms with Crippen LogP contribution in [0.1, 0.15) is 18.9 Å². The van der Waals surface area contributed by atoms with Gasteiger partial charge in [-0.15, -0.1) is 5.10 Å². The number of fused-ring (bicyclic) bond motifs is 1. The monoisotopic (exact) mass is 576 g/mol. The van der Waals surface area contributed by atoms with Crippen molar-refractivity contribution < 1.29 is 9.47 Å². The zero-order chi connectivity index (χ0) is 22.9. The molecule has 0 saturated carbocycles. The third kappa shape index (κ3) is 4.31. The van der Waals surface area contributed by atoms with Crippen LogP contribution in [0.15, 0.2) is 43.0 Å². The largest absolute Gasteiger partial charge is 0.481 e. The summed E-state index contributed by atoms with van der Waals surface area (Å²) in [5.74, 6) is 1.22. The smallest absolute Gasteiger partial charge is 0.240 e. The first-order chi connectivity index (χ1) is 16.1. The minimum Gasteiger partial charge on any atom is -0.481 e. The molecule has 5 heterocycles. The predicted octanol–water partition coefficient (Wildman–Crippen LogP) is 5.09. The van der Waals surface area contributed by atoms with Crippen LogP contribution in [-0.4, -0.2) is 63.0 Å². The average molecular weight is 576 g/mol. The van der Waals surface area contributed by atoms with E-state index < -0.39 is 0 Å². The molecule has 1 saturated heterocycles. The van der Waals surface area contributed by atoms with Crippen molar-refractivity contribution in [1.29, 1.82) is 0 Å². The fourth-order valence-electron chi connectivity index (χ4n) is 4.34. The number of likely N-dealkylation sites (tertiary alicyclic amines) is 1. The Kier molecular flexibility index (Phi) is 6.48. The number of aromatic nitrogens is 5. The zero-order valence-corrected chi connectivity index (χ0v) is 21.7. The highest BCUT2D eigenvalue weighted by molar-refractivity contribution is 14.2. The summed E-state index contributed by atoms with van der Waals surface area (Å²) in [6.45, 7) is 2.16. The number of hydrogen-bond acceptors (Lipinski definition) is 7. The molecule has 0 amide bonds. The summed E-state index contributed by atoms with van der Waals surface area (Å²) < 4.78 is 15.0. The first kappa shape index (κ1) is 22.5. The van der Waals surface area contributed by atoms with Crippen LogP contribution in [0.25, 0.3) is 33.3 Å². The Labute approximate surface area is 209 Å². The molecule has 33 heavy (non-hydrogen) atoms. The van der Waals surface area contributed by atoms with Gasteiger partial charge in [-0.2, -0.15) is 0 Å². The minimum atomic E-state index is 0.387. The highest BCUT2D eigenvalue weighted by atomic mass is 127. The summed E-state index contributed by atoms with van der Waals surface area (Å²) in [5, 5.41) is 5.82. The first-order valence-corrected chi connectivity index (χ1v) is 14.1. The van der Waals surface area contributed by atoms with Crippen molar-refractivity contribution in [2.24, 2.45) is 0 Å². The van der Waals surface area contributed by atoms with Crippen LogP contribution in [0.5, 0.6) is 11.8 Å². The second-order valence-electron chi connectivity index (χ2n) is 8.19. The molecule has 1 aliphatic rings. The maximum absolute atomic E-state index is 5.67. The molecule has 0 spiro atoms. The van der Waals surface area contributed by atoms with E-state index in [1.165, 1.54) is 0 Å². The fraction of sp³-hybridized carbons (Fsp3) is 0.348. The van der Waals surface area contributed by atoms with Gasteiger partial charge in [-0.3, -0.25) is 8.65 Å². The molecule has 4 aromatic heterocycles. The number of halogens is 1. The topological polar surface area (TPSA) is 70.2 Å². The molecule has 5 rings (SSSR count). The number of nitrogens with zero attached hydrogens (tertiary/aromatic N) is 6. The lowest BCUT2D eigenvalue weighted by Gasteiger charge is -2.28. The molecule has 1 fully saturated rings. The van der Waals surface area contributed by atoms with Gasteiger partial charge in [-0.25, -0.2) is 9.97 Å². The molecular formula is C23H25IN6O2S. The van der Waals surface area contributed by atoms with Crippen molar-refractivity contribution in [3.05, 3.63) is 43.0 Å². The molecule has 10 heteroatoms. The van der Waals surface area contributed by atoms with Gasteiger partial charge in [0.2, 0.25) is 11.8 Å². The van der Waals surface area contributed by atoms with Crippen LogP contribution < -0.4 is 9.47 Å². The standard InChI is InChI=1S/C23H25IN6O2S/c1-28-8-6-17(7-9-28)29-13-20(23(27-29)32-3)16-10-18-19(14-30(33-24)22(18)26-12-16)15-4-5-21(31-2)25-11-15/h4-5,10-14,17H,6-9H2,1-3H3. The Morgan fingerprint density at radius 3 is 2.45 bits per heavy atom. The molecular weight excluding hydrogens is 551 g/mol. The second kappa shape index (κ2) is 9.51. The Hall–Kier alpha value is -2.31. The lowest BCUT2D eigenvalue weighted by Crippen LogP contribution is -2.31. The maximum atomic E-state index is 5.67. The lowest BCUT2D eigenvalue weighted by atomic mass is 10.0. The number of rotatable bonds is 6. The van der Waals surface area contributed by atoms with Crippen molar-refractivity contribution in [2.45, 2.75) is 18.9 Å². The van der Waals surface area contributed by atoms with E-state index in [0.717, 1.165) is 59.2 Å². The SMILES string of the molecule is COc1ccc(-c2cn(SI)c3ncc(-c4cn(C5CCN(C)CC5)nc4OC)cc23)cn1. The van der Waals surface area contributed by atoms with E-state index in [2.05, 4.69) is 65.3 Å². The third-order valence-corrected chi connectivity index (χ3v) is 7.91. The summed E-state index contributed by atoms with van der Waals surface area (Å²) in [7, 11) is 7.05. The molecule has 0 unspecified atom stereocenters. The van der Waals surface area contributed by atoms with Gasteiger partial charge in [0.1, 0.15) is 0 Å². The van der Waals surface area contributed by atoms with E-state index in [9.17, 15) is 0 Å². The summed E-state index contributed by atoms with van der Waals surface area (Å²) in [6.07, 6.45) is 10.1. The molecule has 172 valence electrons. The van der Waals surface area contributed by atoms with E-state index in [1.54, 1.807) is 23.3 Å². The highest BCUT2D eigenvalue weighted by Crippen LogP contribution is 2.38. The molecule has 0 N–H and O–H groups in total. The van der Waals surface area contributed by atoms with Crippen molar-refractivity contribution in [3.8, 4) is 34.0 Å². The van der Waals surface area contributed by atoms with Crippen molar-refractivity contribution in [1.82, 2.24) is 28.6 Å². The quantitative estimate of drug-likeness (QED) is 0.296. The molecule has 0 aliphatic carbocycles. The Balaban J connectivity index is 1.58. The van der Waals surface area contributed by atoms with Crippen LogP contribution in [0.2, 0.25) is 0 Å². The number of methoxy groups -OCH3 is 2. The van der Waals surface area contributed by atoms with Crippen molar-refractivity contribution in [2.75, 3.05) is 34.4 Å². The van der Waals surface area contributed by atoms with Crippen LogP contribution >= 0.6 is 30.3 Å². The van der Waals surface area contributed by atoms with Gasteiger partial charge in [0.15, 0.2) is 5.65 Å². The molecule has 0 radical (unpaired) electrons. The summed E-state index contributed by atoms with van der Waals surface area (Å²) in [4.78, 5) is 11.6. The Bertz CT molecular complexity index is 1260. The van der Waals surface area contributed by atoms with E-state index in [0.29, 0.717) is 17.8 Å². The van der Waals surface area contributed by atoms with E-state index >= 15 is 0 Å².